The first-order valence-corrected chi connectivity index (χ1v) is 4.97. The summed E-state index contributed by atoms with van der Waals surface area (Å²) in [6.07, 6.45) is 1.20. The zero-order valence-corrected chi connectivity index (χ0v) is 9.25. The van der Waals surface area contributed by atoms with Crippen LogP contribution < -0.4 is 4.74 Å². The van der Waals surface area contributed by atoms with Crippen molar-refractivity contribution >= 4 is 10.9 Å². The van der Waals surface area contributed by atoms with Crippen LogP contribution in [0.4, 0.5) is 13.2 Å². The Hall–Kier alpha value is -2.29. The summed E-state index contributed by atoms with van der Waals surface area (Å²) in [4.78, 5) is 3.76. The first-order valence-electron chi connectivity index (χ1n) is 4.97. The number of aryl methyl sites for hydroxylation is 1. The van der Waals surface area contributed by atoms with Gasteiger partial charge in [0.05, 0.1) is 5.56 Å². The molecule has 0 spiro atoms. The third-order valence-corrected chi connectivity index (χ3v) is 2.55. The lowest BCUT2D eigenvalue weighted by Gasteiger charge is -2.09. The molecular formula is C12H7F3N2O. The third-order valence-electron chi connectivity index (χ3n) is 2.55. The van der Waals surface area contributed by atoms with E-state index in [4.69, 9.17) is 5.26 Å². The molecule has 1 heterocycles. The first kappa shape index (κ1) is 12.2. The largest absolute Gasteiger partial charge is 0.432 e. The monoisotopic (exact) mass is 252 g/mol. The van der Waals surface area contributed by atoms with Gasteiger partial charge in [0.1, 0.15) is 11.6 Å². The molecule has 6 heteroatoms. The van der Waals surface area contributed by atoms with Crippen LogP contribution in [0, 0.1) is 24.1 Å². The second-order valence-electron chi connectivity index (χ2n) is 3.56. The van der Waals surface area contributed by atoms with E-state index in [-0.39, 0.29) is 5.52 Å². The van der Waals surface area contributed by atoms with E-state index in [2.05, 4.69) is 9.72 Å². The van der Waals surface area contributed by atoms with Crippen LogP contribution in [0.2, 0.25) is 0 Å². The molecular weight excluding hydrogens is 245 g/mol. The van der Waals surface area contributed by atoms with Crippen molar-refractivity contribution in [2.24, 2.45) is 0 Å². The molecule has 0 fully saturated rings. The number of benzene rings is 1. The second kappa shape index (κ2) is 4.53. The maximum Gasteiger partial charge on any atom is 0.387 e. The lowest BCUT2D eigenvalue weighted by Crippen LogP contribution is -2.04. The number of aromatic nitrogens is 1. The summed E-state index contributed by atoms with van der Waals surface area (Å²) in [5, 5.41) is 9.21. The highest BCUT2D eigenvalue weighted by Gasteiger charge is 2.15. The fourth-order valence-corrected chi connectivity index (χ4v) is 1.65. The maximum absolute atomic E-state index is 13.8. The average Bonchev–Trinajstić information content (AvgIpc) is 2.33. The predicted molar refractivity (Wildman–Crippen MR) is 57.8 cm³/mol. The van der Waals surface area contributed by atoms with E-state index in [1.807, 2.05) is 6.07 Å². The highest BCUT2D eigenvalue weighted by Crippen LogP contribution is 2.28. The molecule has 0 saturated carbocycles. The maximum atomic E-state index is 13.8. The molecule has 0 unspecified atom stereocenters. The van der Waals surface area contributed by atoms with E-state index < -0.39 is 18.2 Å². The van der Waals surface area contributed by atoms with Gasteiger partial charge in [0.25, 0.3) is 0 Å². The lowest BCUT2D eigenvalue weighted by molar-refractivity contribution is -0.0520. The van der Waals surface area contributed by atoms with Crippen molar-refractivity contribution in [3.63, 3.8) is 0 Å². The third kappa shape index (κ3) is 1.95. The summed E-state index contributed by atoms with van der Waals surface area (Å²) in [5.74, 6) is -1.52. The predicted octanol–water partition coefficient (Wildman–Crippen LogP) is 3.16. The minimum atomic E-state index is -3.10. The van der Waals surface area contributed by atoms with Gasteiger partial charge in [-0.15, -0.1) is 0 Å². The smallest absolute Gasteiger partial charge is 0.387 e. The molecule has 92 valence electrons. The standard InChI is InChI=1S/C12H7F3N2O/c1-6-7(4-16)5-17-11-8(6)2-3-9(10(11)13)18-12(14)15/h2-3,5,12H,1H3. The normalized spacial score (nSPS) is 10.7. The van der Waals surface area contributed by atoms with Crippen LogP contribution in [-0.4, -0.2) is 11.6 Å². The van der Waals surface area contributed by atoms with Gasteiger partial charge in [0.15, 0.2) is 11.6 Å². The van der Waals surface area contributed by atoms with Crippen LogP contribution >= 0.6 is 0 Å². The van der Waals surface area contributed by atoms with Gasteiger partial charge in [-0.2, -0.15) is 14.0 Å². The van der Waals surface area contributed by atoms with Gasteiger partial charge in [0, 0.05) is 11.6 Å². The van der Waals surface area contributed by atoms with Crippen molar-refractivity contribution in [2.45, 2.75) is 13.5 Å². The first-order chi connectivity index (χ1) is 8.54. The van der Waals surface area contributed by atoms with Gasteiger partial charge in [-0.25, -0.2) is 4.39 Å². The minimum absolute atomic E-state index is 0.0929. The Labute approximate surface area is 100 Å². The summed E-state index contributed by atoms with van der Waals surface area (Å²) >= 11 is 0. The number of nitrogens with zero attached hydrogens (tertiary/aromatic N) is 2. The number of hydrogen-bond acceptors (Lipinski definition) is 3. The Balaban J connectivity index is 2.67. The molecule has 1 aromatic heterocycles. The Morgan fingerprint density at radius 1 is 1.39 bits per heavy atom. The lowest BCUT2D eigenvalue weighted by atomic mass is 10.1. The van der Waals surface area contributed by atoms with E-state index in [1.165, 1.54) is 12.3 Å². The number of pyridine rings is 1. The summed E-state index contributed by atoms with van der Waals surface area (Å²) in [5.41, 5.74) is 0.763. The zero-order valence-electron chi connectivity index (χ0n) is 9.25. The van der Waals surface area contributed by atoms with Crippen LogP contribution in [0.3, 0.4) is 0 Å². The van der Waals surface area contributed by atoms with Crippen LogP contribution in [0.5, 0.6) is 5.75 Å². The Morgan fingerprint density at radius 2 is 2.11 bits per heavy atom. The topological polar surface area (TPSA) is 45.9 Å². The van der Waals surface area contributed by atoms with Crippen molar-refractivity contribution in [3.05, 3.63) is 35.3 Å². The van der Waals surface area contributed by atoms with E-state index in [9.17, 15) is 13.2 Å². The molecule has 3 nitrogen and oxygen atoms in total. The fraction of sp³-hybridized carbons (Fsp3) is 0.167. The van der Waals surface area contributed by atoms with Crippen LogP contribution in [-0.2, 0) is 0 Å². The average molecular weight is 252 g/mol. The van der Waals surface area contributed by atoms with E-state index in [0.29, 0.717) is 16.5 Å². The van der Waals surface area contributed by atoms with E-state index >= 15 is 0 Å². The van der Waals surface area contributed by atoms with Crippen molar-refractivity contribution in [1.29, 1.82) is 5.26 Å². The molecule has 0 bridgehead atoms. The molecule has 0 saturated heterocycles. The van der Waals surface area contributed by atoms with Crippen LogP contribution in [0.25, 0.3) is 10.9 Å². The molecule has 0 radical (unpaired) electrons. The summed E-state index contributed by atoms with van der Waals surface area (Å²) < 4.78 is 42.0. The van der Waals surface area contributed by atoms with Gasteiger partial charge >= 0.3 is 6.61 Å². The van der Waals surface area contributed by atoms with Crippen molar-refractivity contribution in [2.75, 3.05) is 0 Å². The molecule has 0 aliphatic rings. The summed E-state index contributed by atoms with van der Waals surface area (Å²) in [6, 6.07) is 4.42. The molecule has 0 aliphatic carbocycles. The Bertz CT molecular complexity index is 650. The van der Waals surface area contributed by atoms with Crippen LogP contribution in [0.15, 0.2) is 18.3 Å². The molecule has 0 aliphatic heterocycles. The number of alkyl halides is 2. The van der Waals surface area contributed by atoms with E-state index in [0.717, 1.165) is 6.07 Å². The number of rotatable bonds is 2. The van der Waals surface area contributed by atoms with Gasteiger partial charge in [-0.3, -0.25) is 4.98 Å². The molecule has 2 aromatic rings. The number of halogens is 3. The zero-order chi connectivity index (χ0) is 13.3. The highest BCUT2D eigenvalue weighted by atomic mass is 19.3. The van der Waals surface area contributed by atoms with Gasteiger partial charge in [0.2, 0.25) is 0 Å². The number of ether oxygens (including phenoxy) is 1. The molecule has 18 heavy (non-hydrogen) atoms. The fourth-order valence-electron chi connectivity index (χ4n) is 1.65. The molecule has 1 aromatic carbocycles. The quantitative estimate of drug-likeness (QED) is 0.824. The Morgan fingerprint density at radius 3 is 2.72 bits per heavy atom. The number of fused-ring (bicyclic) bond motifs is 1. The molecule has 2 rings (SSSR count). The van der Waals surface area contributed by atoms with Crippen molar-refractivity contribution in [3.8, 4) is 11.8 Å². The minimum Gasteiger partial charge on any atom is -0.432 e. The van der Waals surface area contributed by atoms with Crippen molar-refractivity contribution in [1.82, 2.24) is 4.98 Å². The SMILES string of the molecule is Cc1c(C#N)cnc2c(F)c(OC(F)F)ccc12. The van der Waals surface area contributed by atoms with Crippen molar-refractivity contribution < 1.29 is 17.9 Å². The summed E-state index contributed by atoms with van der Waals surface area (Å²) in [7, 11) is 0. The second-order valence-corrected chi connectivity index (χ2v) is 3.56. The Kier molecular flexibility index (Phi) is 3.06. The van der Waals surface area contributed by atoms with Gasteiger partial charge < -0.3 is 4.74 Å². The number of hydrogen-bond donors (Lipinski definition) is 0. The van der Waals surface area contributed by atoms with Crippen LogP contribution in [0.1, 0.15) is 11.1 Å². The molecule has 0 N–H and O–H groups in total. The number of nitriles is 1. The molecule has 0 amide bonds. The summed E-state index contributed by atoms with van der Waals surface area (Å²) in [6.45, 7) is -1.47. The highest BCUT2D eigenvalue weighted by molar-refractivity contribution is 5.85. The molecule has 0 atom stereocenters. The van der Waals surface area contributed by atoms with Gasteiger partial charge in [-0.1, -0.05) is 0 Å². The van der Waals surface area contributed by atoms with Gasteiger partial charge in [-0.05, 0) is 24.6 Å². The van der Waals surface area contributed by atoms with E-state index in [1.54, 1.807) is 6.92 Å².